The van der Waals surface area contributed by atoms with Gasteiger partial charge in [0.1, 0.15) is 0 Å². The third kappa shape index (κ3) is 6.22. The Morgan fingerprint density at radius 1 is 1.38 bits per heavy atom. The molecule has 1 rings (SSSR count). The standard InChI is InChI=1S/C14H21N3O4/c1-10(2)8-14(3,19)9-15-13(18)16-11-4-6-12(7-5-11)17(20)21/h4-7,10,19H,8-9H2,1-3H3,(H2,15,16,18). The van der Waals surface area contributed by atoms with Crippen molar-refractivity contribution in [2.75, 3.05) is 11.9 Å². The molecule has 0 saturated carbocycles. The second-order valence-corrected chi connectivity index (χ2v) is 5.71. The Hall–Kier alpha value is -2.15. The lowest BCUT2D eigenvalue weighted by molar-refractivity contribution is -0.384. The summed E-state index contributed by atoms with van der Waals surface area (Å²) in [5.41, 5.74) is -0.566. The summed E-state index contributed by atoms with van der Waals surface area (Å²) in [6.45, 7) is 5.78. The second kappa shape index (κ2) is 7.03. The lowest BCUT2D eigenvalue weighted by Gasteiger charge is -2.25. The van der Waals surface area contributed by atoms with Crippen LogP contribution >= 0.6 is 0 Å². The zero-order valence-electron chi connectivity index (χ0n) is 12.4. The van der Waals surface area contributed by atoms with Crippen LogP contribution < -0.4 is 10.6 Å². The molecule has 1 aromatic rings. The van der Waals surface area contributed by atoms with Gasteiger partial charge in [0.15, 0.2) is 0 Å². The van der Waals surface area contributed by atoms with E-state index in [1.165, 1.54) is 24.3 Å². The highest BCUT2D eigenvalue weighted by atomic mass is 16.6. The van der Waals surface area contributed by atoms with Crippen molar-refractivity contribution < 1.29 is 14.8 Å². The van der Waals surface area contributed by atoms with E-state index in [1.54, 1.807) is 6.92 Å². The number of carbonyl (C=O) groups excluding carboxylic acids is 1. The second-order valence-electron chi connectivity index (χ2n) is 5.71. The van der Waals surface area contributed by atoms with E-state index in [9.17, 15) is 20.0 Å². The number of non-ortho nitro benzene ring substituents is 1. The highest BCUT2D eigenvalue weighted by Gasteiger charge is 2.22. The molecular formula is C14H21N3O4. The molecule has 0 aliphatic heterocycles. The monoisotopic (exact) mass is 295 g/mol. The first-order valence-electron chi connectivity index (χ1n) is 6.71. The molecule has 1 unspecified atom stereocenters. The topological polar surface area (TPSA) is 104 Å². The van der Waals surface area contributed by atoms with Gasteiger partial charge in [0.2, 0.25) is 0 Å². The Morgan fingerprint density at radius 2 is 1.95 bits per heavy atom. The molecule has 7 heteroatoms. The Bertz CT molecular complexity index is 497. The highest BCUT2D eigenvalue weighted by Crippen LogP contribution is 2.16. The molecule has 2 amide bonds. The largest absolute Gasteiger partial charge is 0.388 e. The van der Waals surface area contributed by atoms with Crippen molar-refractivity contribution >= 4 is 17.4 Å². The number of nitrogens with one attached hydrogen (secondary N) is 2. The third-order valence-electron chi connectivity index (χ3n) is 2.81. The molecule has 1 aromatic carbocycles. The molecule has 0 aromatic heterocycles. The predicted molar refractivity (Wildman–Crippen MR) is 80.2 cm³/mol. The lowest BCUT2D eigenvalue weighted by atomic mass is 9.94. The fourth-order valence-electron chi connectivity index (χ4n) is 2.06. The summed E-state index contributed by atoms with van der Waals surface area (Å²) in [6.07, 6.45) is 0.574. The fraction of sp³-hybridized carbons (Fsp3) is 0.500. The van der Waals surface area contributed by atoms with Crippen LogP contribution in [-0.4, -0.2) is 28.2 Å². The minimum Gasteiger partial charge on any atom is -0.388 e. The molecule has 0 aliphatic rings. The van der Waals surface area contributed by atoms with Gasteiger partial charge in [-0.25, -0.2) is 4.79 Å². The zero-order chi connectivity index (χ0) is 16.0. The van der Waals surface area contributed by atoms with E-state index in [-0.39, 0.29) is 12.2 Å². The number of nitro groups is 1. The minimum absolute atomic E-state index is 0.0409. The number of benzene rings is 1. The van der Waals surface area contributed by atoms with Gasteiger partial charge >= 0.3 is 6.03 Å². The van der Waals surface area contributed by atoms with Crippen LogP contribution in [0, 0.1) is 16.0 Å². The average Bonchev–Trinajstić information content (AvgIpc) is 2.36. The van der Waals surface area contributed by atoms with E-state index in [0.29, 0.717) is 18.0 Å². The summed E-state index contributed by atoms with van der Waals surface area (Å²) in [5, 5.41) is 25.7. The van der Waals surface area contributed by atoms with Crippen molar-refractivity contribution in [3.8, 4) is 0 Å². The third-order valence-corrected chi connectivity index (χ3v) is 2.81. The number of hydrogen-bond donors (Lipinski definition) is 3. The molecule has 0 heterocycles. The summed E-state index contributed by atoms with van der Waals surface area (Å²) in [5.74, 6) is 0.319. The number of amides is 2. The van der Waals surface area contributed by atoms with Crippen molar-refractivity contribution in [3.05, 3.63) is 34.4 Å². The van der Waals surface area contributed by atoms with Crippen molar-refractivity contribution in [1.82, 2.24) is 5.32 Å². The molecular weight excluding hydrogens is 274 g/mol. The number of urea groups is 1. The van der Waals surface area contributed by atoms with Crippen LogP contribution in [0.3, 0.4) is 0 Å². The average molecular weight is 295 g/mol. The molecule has 3 N–H and O–H groups in total. The summed E-state index contributed by atoms with van der Waals surface area (Å²) in [6, 6.07) is 5.05. The molecule has 0 saturated heterocycles. The number of aliphatic hydroxyl groups is 1. The molecule has 0 radical (unpaired) electrons. The molecule has 0 aliphatic carbocycles. The fourth-order valence-corrected chi connectivity index (χ4v) is 2.06. The number of nitro benzene ring substituents is 1. The number of carbonyl (C=O) groups is 1. The molecule has 0 spiro atoms. The van der Waals surface area contributed by atoms with Gasteiger partial charge in [0.05, 0.1) is 10.5 Å². The predicted octanol–water partition coefficient (Wildman–Crippen LogP) is 2.51. The Labute approximate surface area is 123 Å². The Balaban J connectivity index is 2.48. The SMILES string of the molecule is CC(C)CC(C)(O)CNC(=O)Nc1ccc([N+](=O)[O-])cc1. The molecule has 0 bridgehead atoms. The maximum absolute atomic E-state index is 11.7. The van der Waals surface area contributed by atoms with E-state index >= 15 is 0 Å². The normalized spacial score (nSPS) is 13.6. The van der Waals surface area contributed by atoms with E-state index in [4.69, 9.17) is 0 Å². The van der Waals surface area contributed by atoms with Gasteiger partial charge in [-0.2, -0.15) is 0 Å². The van der Waals surface area contributed by atoms with E-state index < -0.39 is 16.6 Å². The summed E-state index contributed by atoms with van der Waals surface area (Å²) in [4.78, 5) is 21.7. The Morgan fingerprint density at radius 3 is 2.43 bits per heavy atom. The van der Waals surface area contributed by atoms with Gasteiger partial charge in [-0.05, 0) is 31.4 Å². The van der Waals surface area contributed by atoms with Crippen molar-refractivity contribution in [2.45, 2.75) is 32.8 Å². The van der Waals surface area contributed by atoms with Crippen molar-refractivity contribution in [2.24, 2.45) is 5.92 Å². The van der Waals surface area contributed by atoms with E-state index in [1.807, 2.05) is 13.8 Å². The van der Waals surface area contributed by atoms with Crippen LogP contribution in [0.2, 0.25) is 0 Å². The van der Waals surface area contributed by atoms with Gasteiger partial charge in [-0.3, -0.25) is 10.1 Å². The smallest absolute Gasteiger partial charge is 0.319 e. The van der Waals surface area contributed by atoms with Crippen LogP contribution in [0.25, 0.3) is 0 Å². The number of rotatable bonds is 6. The lowest BCUT2D eigenvalue weighted by Crippen LogP contribution is -2.43. The maximum atomic E-state index is 11.7. The van der Waals surface area contributed by atoms with Crippen LogP contribution in [-0.2, 0) is 0 Å². The molecule has 7 nitrogen and oxygen atoms in total. The maximum Gasteiger partial charge on any atom is 0.319 e. The number of nitrogens with zero attached hydrogens (tertiary/aromatic N) is 1. The zero-order valence-corrected chi connectivity index (χ0v) is 12.4. The first-order chi connectivity index (χ1) is 9.69. The first kappa shape index (κ1) is 16.9. The van der Waals surface area contributed by atoms with Gasteiger partial charge < -0.3 is 15.7 Å². The quantitative estimate of drug-likeness (QED) is 0.554. The van der Waals surface area contributed by atoms with E-state index in [0.717, 1.165) is 0 Å². The highest BCUT2D eigenvalue weighted by molar-refractivity contribution is 5.89. The van der Waals surface area contributed by atoms with Crippen LogP contribution in [0.15, 0.2) is 24.3 Å². The van der Waals surface area contributed by atoms with Crippen molar-refractivity contribution in [3.63, 3.8) is 0 Å². The van der Waals surface area contributed by atoms with Gasteiger partial charge in [0.25, 0.3) is 5.69 Å². The molecule has 0 fully saturated rings. The van der Waals surface area contributed by atoms with Crippen LogP contribution in [0.5, 0.6) is 0 Å². The summed E-state index contributed by atoms with van der Waals surface area (Å²) >= 11 is 0. The van der Waals surface area contributed by atoms with Gasteiger partial charge in [-0.15, -0.1) is 0 Å². The molecule has 116 valence electrons. The number of anilines is 1. The summed E-state index contributed by atoms with van der Waals surface area (Å²) in [7, 11) is 0. The Kier molecular flexibility index (Phi) is 5.66. The van der Waals surface area contributed by atoms with Crippen LogP contribution in [0.1, 0.15) is 27.2 Å². The summed E-state index contributed by atoms with van der Waals surface area (Å²) < 4.78 is 0. The van der Waals surface area contributed by atoms with E-state index in [2.05, 4.69) is 10.6 Å². The molecule has 21 heavy (non-hydrogen) atoms. The minimum atomic E-state index is -0.971. The number of hydrogen-bond acceptors (Lipinski definition) is 4. The first-order valence-corrected chi connectivity index (χ1v) is 6.71. The van der Waals surface area contributed by atoms with Gasteiger partial charge in [-0.1, -0.05) is 13.8 Å². The van der Waals surface area contributed by atoms with Gasteiger partial charge in [0, 0.05) is 24.4 Å². The molecule has 1 atom stereocenters. The van der Waals surface area contributed by atoms with Crippen molar-refractivity contribution in [1.29, 1.82) is 0 Å². The van der Waals surface area contributed by atoms with Crippen LogP contribution in [0.4, 0.5) is 16.2 Å².